The molecule has 0 spiro atoms. The van der Waals surface area contributed by atoms with Gasteiger partial charge >= 0.3 is 0 Å². The number of aromatic hydroxyl groups is 1. The smallest absolute Gasteiger partial charge is 0.231 e. The molecule has 1 aliphatic carbocycles. The highest BCUT2D eigenvalue weighted by Crippen LogP contribution is 2.33. The van der Waals surface area contributed by atoms with Crippen LogP contribution in [-0.2, 0) is 0 Å². The van der Waals surface area contributed by atoms with E-state index in [2.05, 4.69) is 6.92 Å². The third-order valence-corrected chi connectivity index (χ3v) is 3.34. The molecule has 1 aromatic rings. The van der Waals surface area contributed by atoms with Gasteiger partial charge in [-0.3, -0.25) is 9.59 Å². The van der Waals surface area contributed by atoms with E-state index in [0.717, 1.165) is 31.8 Å². The van der Waals surface area contributed by atoms with Gasteiger partial charge in [-0.1, -0.05) is 26.2 Å². The zero-order valence-electron chi connectivity index (χ0n) is 11.9. The molecule has 5 heteroatoms. The average Bonchev–Trinajstić information content (AvgIpc) is 2.44. The van der Waals surface area contributed by atoms with Crippen molar-refractivity contribution in [1.82, 2.24) is 0 Å². The highest BCUT2D eigenvalue weighted by atomic mass is 16.5. The lowest BCUT2D eigenvalue weighted by Gasteiger charge is -2.17. The summed E-state index contributed by atoms with van der Waals surface area (Å²) in [6.45, 7) is 2.49. The molecule has 2 N–H and O–H groups in total. The minimum absolute atomic E-state index is 0.0216. The molecule has 1 aliphatic rings. The van der Waals surface area contributed by atoms with E-state index in [-0.39, 0.29) is 22.6 Å². The third kappa shape index (κ3) is 3.24. The number of carbonyl (C=O) groups is 2. The van der Waals surface area contributed by atoms with Gasteiger partial charge in [0.15, 0.2) is 11.5 Å². The number of unbranched alkanes of at least 4 members (excludes halogenated alkanes) is 3. The summed E-state index contributed by atoms with van der Waals surface area (Å²) in [4.78, 5) is 23.8. The van der Waals surface area contributed by atoms with E-state index in [4.69, 9.17) is 4.74 Å². The first-order valence-corrected chi connectivity index (χ1v) is 7.04. The molecule has 0 fully saturated rings. The van der Waals surface area contributed by atoms with Crippen LogP contribution in [0.15, 0.2) is 24.0 Å². The zero-order valence-corrected chi connectivity index (χ0v) is 11.9. The largest absolute Gasteiger partial charge is 0.508 e. The lowest BCUT2D eigenvalue weighted by molar-refractivity contribution is 0.0935. The number of hydrogen-bond donors (Lipinski definition) is 2. The van der Waals surface area contributed by atoms with Crippen molar-refractivity contribution in [2.75, 3.05) is 6.61 Å². The van der Waals surface area contributed by atoms with E-state index in [1.54, 1.807) is 0 Å². The number of carbonyl (C=O) groups excluding carboxylic acids is 2. The number of aliphatic hydroxyl groups is 1. The molecule has 0 amide bonds. The average molecular weight is 290 g/mol. The number of phenols is 1. The topological polar surface area (TPSA) is 83.8 Å². The fourth-order valence-corrected chi connectivity index (χ4v) is 2.25. The first kappa shape index (κ1) is 15.1. The second-order valence-electron chi connectivity index (χ2n) is 5.00. The van der Waals surface area contributed by atoms with Crippen molar-refractivity contribution in [2.24, 2.45) is 0 Å². The number of phenolic OH excluding ortho intramolecular Hbond substituents is 1. The van der Waals surface area contributed by atoms with Crippen LogP contribution < -0.4 is 4.74 Å². The number of aliphatic hydroxyl groups excluding tert-OH is 1. The molecular weight excluding hydrogens is 272 g/mol. The van der Waals surface area contributed by atoms with Crippen LogP contribution in [-0.4, -0.2) is 28.4 Å². The molecule has 112 valence electrons. The molecule has 0 saturated heterocycles. The van der Waals surface area contributed by atoms with E-state index in [1.165, 1.54) is 12.1 Å². The number of ketones is 2. The summed E-state index contributed by atoms with van der Waals surface area (Å²) >= 11 is 0. The third-order valence-electron chi connectivity index (χ3n) is 3.34. The van der Waals surface area contributed by atoms with Crippen molar-refractivity contribution < 1.29 is 24.5 Å². The fraction of sp³-hybridized carbons (Fsp3) is 0.375. The standard InChI is InChI=1S/C16H18O5/c1-2-3-4-5-6-21-14-8-10(17)7-11-12(18)9-13(19)16(20)15(11)14/h7-9,17,19H,2-6H2,1H3. The predicted molar refractivity (Wildman–Crippen MR) is 77.1 cm³/mol. The molecule has 0 aromatic heterocycles. The zero-order chi connectivity index (χ0) is 15.4. The molecule has 0 aliphatic heterocycles. The number of Topliss-reactive ketones (excluding diaryl/α,β-unsaturated/α-hetero) is 1. The molecule has 0 saturated carbocycles. The molecule has 0 unspecified atom stereocenters. The normalized spacial score (nSPS) is 13.9. The Balaban J connectivity index is 2.23. The van der Waals surface area contributed by atoms with Crippen molar-refractivity contribution in [3.8, 4) is 11.5 Å². The molecular formula is C16H18O5. The highest BCUT2D eigenvalue weighted by Gasteiger charge is 2.29. The van der Waals surface area contributed by atoms with Gasteiger partial charge in [-0.05, 0) is 12.5 Å². The van der Waals surface area contributed by atoms with Crippen molar-refractivity contribution in [2.45, 2.75) is 32.6 Å². The Hall–Kier alpha value is -2.30. The second-order valence-corrected chi connectivity index (χ2v) is 5.00. The van der Waals surface area contributed by atoms with Gasteiger partial charge in [-0.25, -0.2) is 0 Å². The summed E-state index contributed by atoms with van der Waals surface area (Å²) in [6, 6.07) is 2.50. The van der Waals surface area contributed by atoms with Gasteiger partial charge in [0.1, 0.15) is 11.5 Å². The maximum Gasteiger partial charge on any atom is 0.231 e. The van der Waals surface area contributed by atoms with E-state index in [1.807, 2.05) is 0 Å². The van der Waals surface area contributed by atoms with Crippen LogP contribution in [0.3, 0.4) is 0 Å². The molecule has 21 heavy (non-hydrogen) atoms. The Labute approximate surface area is 122 Å². The van der Waals surface area contributed by atoms with Crippen LogP contribution in [0.25, 0.3) is 0 Å². The maximum atomic E-state index is 12.0. The van der Waals surface area contributed by atoms with Crippen molar-refractivity contribution >= 4 is 11.6 Å². The lowest BCUT2D eigenvalue weighted by Crippen LogP contribution is -2.18. The van der Waals surface area contributed by atoms with Crippen molar-refractivity contribution in [3.05, 3.63) is 35.1 Å². The summed E-state index contributed by atoms with van der Waals surface area (Å²) in [5.74, 6) is -1.79. The van der Waals surface area contributed by atoms with Crippen molar-refractivity contribution in [3.63, 3.8) is 0 Å². The van der Waals surface area contributed by atoms with Crippen LogP contribution in [0.2, 0.25) is 0 Å². The monoisotopic (exact) mass is 290 g/mol. The van der Waals surface area contributed by atoms with E-state index in [0.29, 0.717) is 6.61 Å². The Morgan fingerprint density at radius 1 is 1.10 bits per heavy atom. The van der Waals surface area contributed by atoms with Gasteiger partial charge < -0.3 is 14.9 Å². The molecule has 0 heterocycles. The fourth-order valence-electron chi connectivity index (χ4n) is 2.25. The predicted octanol–water partition coefficient (Wildman–Crippen LogP) is 3.17. The first-order valence-electron chi connectivity index (χ1n) is 7.04. The van der Waals surface area contributed by atoms with Gasteiger partial charge in [0.05, 0.1) is 12.2 Å². The van der Waals surface area contributed by atoms with Crippen LogP contribution in [0.1, 0.15) is 53.3 Å². The van der Waals surface area contributed by atoms with Gasteiger partial charge in [0, 0.05) is 17.7 Å². The lowest BCUT2D eigenvalue weighted by atomic mass is 9.92. The summed E-state index contributed by atoms with van der Waals surface area (Å²) in [6.07, 6.45) is 4.89. The first-order chi connectivity index (χ1) is 10.0. The molecule has 0 bridgehead atoms. The summed E-state index contributed by atoms with van der Waals surface area (Å²) < 4.78 is 5.53. The van der Waals surface area contributed by atoms with Crippen LogP contribution in [0.5, 0.6) is 11.5 Å². The van der Waals surface area contributed by atoms with E-state index >= 15 is 0 Å². The molecule has 2 rings (SSSR count). The number of allylic oxidation sites excluding steroid dienone is 2. The molecule has 0 radical (unpaired) electrons. The number of rotatable bonds is 6. The van der Waals surface area contributed by atoms with Gasteiger partial charge in [0.25, 0.3) is 0 Å². The minimum atomic E-state index is -0.659. The SMILES string of the molecule is CCCCCCOc1cc(O)cc2c1C(=O)C(O)=CC2=O. The van der Waals surface area contributed by atoms with Gasteiger partial charge in [0.2, 0.25) is 5.78 Å². The summed E-state index contributed by atoms with van der Waals surface area (Å²) in [5.41, 5.74) is 0.0784. The maximum absolute atomic E-state index is 12.0. The summed E-state index contributed by atoms with van der Waals surface area (Å²) in [5, 5.41) is 19.2. The van der Waals surface area contributed by atoms with Gasteiger partial charge in [-0.15, -0.1) is 0 Å². The highest BCUT2D eigenvalue weighted by molar-refractivity contribution is 6.24. The molecule has 0 atom stereocenters. The van der Waals surface area contributed by atoms with Crippen molar-refractivity contribution in [1.29, 1.82) is 0 Å². The van der Waals surface area contributed by atoms with Crippen LogP contribution in [0.4, 0.5) is 0 Å². The minimum Gasteiger partial charge on any atom is -0.508 e. The Morgan fingerprint density at radius 3 is 2.57 bits per heavy atom. The van der Waals surface area contributed by atoms with E-state index < -0.39 is 17.3 Å². The number of ether oxygens (including phenoxy) is 1. The second kappa shape index (κ2) is 6.43. The van der Waals surface area contributed by atoms with Gasteiger partial charge in [-0.2, -0.15) is 0 Å². The Bertz CT molecular complexity index is 601. The molecule has 1 aromatic carbocycles. The Morgan fingerprint density at radius 2 is 1.86 bits per heavy atom. The number of fused-ring (bicyclic) bond motifs is 1. The van der Waals surface area contributed by atoms with E-state index in [9.17, 15) is 19.8 Å². The molecule has 5 nitrogen and oxygen atoms in total. The Kier molecular flexibility index (Phi) is 4.62. The van der Waals surface area contributed by atoms with Crippen LogP contribution >= 0.6 is 0 Å². The summed E-state index contributed by atoms with van der Waals surface area (Å²) in [7, 11) is 0. The van der Waals surface area contributed by atoms with Crippen LogP contribution in [0, 0.1) is 0 Å². The number of hydrogen-bond acceptors (Lipinski definition) is 5. The quantitative estimate of drug-likeness (QED) is 0.786. The number of benzene rings is 1.